The van der Waals surface area contributed by atoms with Crippen molar-refractivity contribution in [3.05, 3.63) is 29.8 Å². The smallest absolute Gasteiger partial charge is 0.326 e. The number of nitrogens with two attached hydrogens (primary N) is 7. The molecule has 125 heavy (non-hydrogen) atoms. The van der Waals surface area contributed by atoms with Crippen LogP contribution in [0.4, 0.5) is 0 Å². The predicted octanol–water partition coefficient (Wildman–Crippen LogP) is -7.92. The normalized spacial score (nSPS) is 14.9. The summed E-state index contributed by atoms with van der Waals surface area (Å²) in [4.78, 5) is 246. The van der Waals surface area contributed by atoms with E-state index in [1.807, 2.05) is 0 Å². The number of aliphatic hydroxyl groups excluding tert-OH is 2. The van der Waals surface area contributed by atoms with E-state index >= 15 is 0 Å². The molecule has 0 aliphatic heterocycles. The third-order valence-corrected chi connectivity index (χ3v) is 19.4. The van der Waals surface area contributed by atoms with Crippen molar-refractivity contribution >= 4 is 118 Å². The Morgan fingerprint density at radius 1 is 0.376 bits per heavy atom. The van der Waals surface area contributed by atoms with Crippen molar-refractivity contribution in [1.82, 2.24) is 85.1 Å². The molecule has 1 aromatic carbocycles. The molecule has 0 aliphatic carbocycles. The van der Waals surface area contributed by atoms with Crippen LogP contribution in [0.3, 0.4) is 0 Å². The van der Waals surface area contributed by atoms with Crippen molar-refractivity contribution in [2.75, 3.05) is 26.2 Å². The minimum absolute atomic E-state index is 0.0231. The number of aromatic hydroxyl groups is 1. The number of hydrogen-bond donors (Lipinski definition) is 29. The van der Waals surface area contributed by atoms with Gasteiger partial charge in [0.25, 0.3) is 0 Å². The number of carboxylic acid groups (broad SMARTS) is 1. The number of guanidine groups is 2. The summed E-state index contributed by atoms with van der Waals surface area (Å²) in [6.07, 6.45) is -4.50. The van der Waals surface area contributed by atoms with Crippen molar-refractivity contribution in [3.8, 4) is 5.75 Å². The van der Waals surface area contributed by atoms with Crippen LogP contribution in [0.25, 0.3) is 0 Å². The average molecular weight is 1780 g/mol. The number of unbranched alkanes of at least 4 members (excludes halogenated alkanes) is 3. The number of benzene rings is 1. The van der Waals surface area contributed by atoms with E-state index in [-0.39, 0.29) is 101 Å². The van der Waals surface area contributed by atoms with Gasteiger partial charge in [-0.15, -0.1) is 0 Å². The lowest BCUT2D eigenvalue weighted by Gasteiger charge is -2.28. The molecule has 17 amide bonds. The zero-order chi connectivity index (χ0) is 94.9. The second kappa shape index (κ2) is 58.8. The molecule has 47 heteroatoms. The number of hydrogen-bond acceptors (Lipinski definition) is 25. The molecular formula is C78H135N25O22. The highest BCUT2D eigenvalue weighted by Crippen LogP contribution is 2.17. The van der Waals surface area contributed by atoms with Crippen LogP contribution in [-0.2, 0) is 92.7 Å². The van der Waals surface area contributed by atoms with E-state index in [9.17, 15) is 107 Å². The molecule has 0 fully saturated rings. The highest BCUT2D eigenvalue weighted by molar-refractivity contribution is 6.01. The molecule has 36 N–H and O–H groups in total. The van der Waals surface area contributed by atoms with E-state index < -0.39 is 267 Å². The van der Waals surface area contributed by atoms with Crippen LogP contribution >= 0.6 is 0 Å². The largest absolute Gasteiger partial charge is 0.508 e. The number of carbonyl (C=O) groups excluding carboxylic acids is 17. The summed E-state index contributed by atoms with van der Waals surface area (Å²) in [5, 5.41) is 95.2. The molecule has 0 radical (unpaired) electrons. The van der Waals surface area contributed by atoms with Gasteiger partial charge in [-0.3, -0.25) is 92.3 Å². The molecule has 1 aromatic rings. The number of amides is 17. The lowest BCUT2D eigenvalue weighted by Crippen LogP contribution is -2.61. The molecule has 0 saturated carbocycles. The van der Waals surface area contributed by atoms with E-state index in [0.29, 0.717) is 31.2 Å². The first-order chi connectivity index (χ1) is 58.7. The molecule has 704 valence electrons. The number of aliphatic hydroxyl groups is 2. The topological polar surface area (TPSA) is 810 Å². The minimum atomic E-state index is -1.75. The monoisotopic (exact) mass is 1770 g/mol. The molecule has 0 spiro atoms. The van der Waals surface area contributed by atoms with Crippen LogP contribution in [0.2, 0.25) is 0 Å². The molecule has 0 saturated heterocycles. The Bertz CT molecular complexity index is 3780. The Morgan fingerprint density at radius 3 is 1.11 bits per heavy atom. The molecule has 16 atom stereocenters. The number of rotatable bonds is 63. The third kappa shape index (κ3) is 45.2. The predicted molar refractivity (Wildman–Crippen MR) is 454 cm³/mol. The molecule has 47 nitrogen and oxygen atoms in total. The fourth-order valence-corrected chi connectivity index (χ4v) is 12.2. The van der Waals surface area contributed by atoms with Crippen LogP contribution in [0.15, 0.2) is 24.3 Å². The van der Waals surface area contributed by atoms with Crippen molar-refractivity contribution in [1.29, 1.82) is 10.8 Å². The maximum Gasteiger partial charge on any atom is 0.326 e. The highest BCUT2D eigenvalue weighted by Gasteiger charge is 2.39. The van der Waals surface area contributed by atoms with Gasteiger partial charge in [0.15, 0.2) is 11.9 Å². The molecule has 0 aromatic heterocycles. The Kier molecular flexibility index (Phi) is 52.2. The Morgan fingerprint density at radius 2 is 0.728 bits per heavy atom. The van der Waals surface area contributed by atoms with Crippen molar-refractivity contribution in [2.45, 2.75) is 294 Å². The fourth-order valence-electron chi connectivity index (χ4n) is 12.2. The Balaban J connectivity index is 3.72. The lowest BCUT2D eigenvalue weighted by molar-refractivity contribution is -0.142. The number of aliphatic carboxylic acids is 1. The molecule has 0 bridgehead atoms. The van der Waals surface area contributed by atoms with Gasteiger partial charge in [0.1, 0.15) is 90.3 Å². The minimum Gasteiger partial charge on any atom is -0.508 e. The van der Waals surface area contributed by atoms with Gasteiger partial charge in [-0.2, -0.15) is 0 Å². The van der Waals surface area contributed by atoms with Crippen LogP contribution in [0.5, 0.6) is 5.75 Å². The summed E-state index contributed by atoms with van der Waals surface area (Å²) < 4.78 is 0. The van der Waals surface area contributed by atoms with Gasteiger partial charge in [-0.05, 0) is 140 Å². The average Bonchev–Trinajstić information content (AvgIpc) is 0.771. The van der Waals surface area contributed by atoms with Gasteiger partial charge in [0, 0.05) is 38.8 Å². The zero-order valence-electron chi connectivity index (χ0n) is 72.6. The highest BCUT2D eigenvalue weighted by atomic mass is 16.4. The summed E-state index contributed by atoms with van der Waals surface area (Å²) in [6.45, 7) is 13.0. The van der Waals surface area contributed by atoms with Gasteiger partial charge >= 0.3 is 5.97 Å². The Labute approximate surface area is 725 Å². The lowest BCUT2D eigenvalue weighted by atomic mass is 10.0. The number of nitrogens with one attached hydrogen (secondary N) is 18. The number of phenols is 1. The maximum absolute atomic E-state index is 14.7. The zero-order valence-corrected chi connectivity index (χ0v) is 72.6. The molecule has 0 heterocycles. The van der Waals surface area contributed by atoms with Crippen LogP contribution < -0.4 is 125 Å². The van der Waals surface area contributed by atoms with E-state index in [4.69, 9.17) is 51.0 Å². The van der Waals surface area contributed by atoms with Gasteiger partial charge in [0.2, 0.25) is 100 Å². The van der Waals surface area contributed by atoms with Crippen molar-refractivity contribution in [2.24, 2.45) is 52.0 Å². The standard InChI is InChI=1S/C78H135N25O22/c1-10-12-18-46(64(112)90-38-59(110)102-61(40(5)6)74(122)98-52(29-32-58(82)109)70(118)93-47(19-13-11-2)68(116)99-53(76(124)125)22-17-35-89-78(86)87)92-67(115)49(21-16-34-88-77(84)85)95-66(114)48(20-14-15-33-79)94-69(117)51(28-31-57(81)108)97-72(120)55(37-44-23-25-45(106)26-24-44)100-63(111)41(7)91-65(113)50(27-30-56(80)107)96-71(119)54(36-39(3)4)101-75(123)62(43(9)105)103-73(121)60(83)42(8)104/h23-26,39-43,46-55,60-62,104-106H,10-22,27-38,79,83H2,1-9H3,(H2,80,107)(H2,81,108)(H2,82,109)(H,90,112)(H,91,113)(H,92,115)(H,93,118)(H,94,117)(H,95,114)(H,96,119)(H,97,120)(H,98,122)(H,99,116)(H,100,111)(H,101,123)(H,102,110)(H,103,121)(H,124,125)(H4,84,85,88)(H4,86,87,89)/t41-,42+,43+,46-,47-,48-,49-,50-,51-,52-,53-,54-,55-,60-,61-,62-/m0/s1. The molecule has 1 rings (SSSR count). The fraction of sp³-hybridized carbons (Fsp3) is 0.667. The first kappa shape index (κ1) is 111. The SMILES string of the molecule is CCCC[C@H](NC(=O)[C@H](CCCNC(=N)N)NC(=O)[C@H](CCCCN)NC(=O)[C@H](CCC(N)=O)NC(=O)[C@H](Cc1ccc(O)cc1)NC(=O)[C@H](C)NC(=O)[C@H](CCC(N)=O)NC(=O)[C@H](CC(C)C)NC(=O)[C@@H](NC(=O)[C@@H](N)[C@@H](C)O)[C@@H](C)O)C(=O)NCC(=O)N[C@H](C(=O)N[C@@H](CCC(N)=O)C(=O)N[C@@H](CCCC)C(=O)N[C@@H](CCCNC(=N)N)C(=O)O)C(C)C. The number of primary amides is 3. The summed E-state index contributed by atoms with van der Waals surface area (Å²) in [5.74, 6) is -20.2. The van der Waals surface area contributed by atoms with Gasteiger partial charge < -0.3 is 146 Å². The number of carboxylic acids is 1. The van der Waals surface area contributed by atoms with Crippen LogP contribution in [-0.4, -0.2) is 262 Å². The van der Waals surface area contributed by atoms with Crippen molar-refractivity contribution in [3.63, 3.8) is 0 Å². The first-order valence-electron chi connectivity index (χ1n) is 41.7. The second-order valence-electron chi connectivity index (χ2n) is 31.2. The van der Waals surface area contributed by atoms with Crippen molar-refractivity contribution < 1.29 is 107 Å². The quantitative estimate of drug-likeness (QED) is 0.0164. The first-order valence-corrected chi connectivity index (χ1v) is 41.7. The summed E-state index contributed by atoms with van der Waals surface area (Å²) in [7, 11) is 0. The second-order valence-corrected chi connectivity index (χ2v) is 31.2. The molecular weight excluding hydrogens is 1640 g/mol. The number of phenolic OH excluding ortho intramolecular Hbond substituents is 1. The Hall–Kier alpha value is -12.1. The summed E-state index contributed by atoms with van der Waals surface area (Å²) >= 11 is 0. The van der Waals surface area contributed by atoms with Crippen LogP contribution in [0, 0.1) is 22.7 Å². The van der Waals surface area contributed by atoms with Crippen LogP contribution in [0.1, 0.15) is 196 Å². The summed E-state index contributed by atoms with van der Waals surface area (Å²) in [5.41, 5.74) is 39.1. The van der Waals surface area contributed by atoms with Gasteiger partial charge in [-0.1, -0.05) is 79.4 Å². The van der Waals surface area contributed by atoms with E-state index in [1.165, 1.54) is 52.0 Å². The number of carbonyl (C=O) groups is 18. The summed E-state index contributed by atoms with van der Waals surface area (Å²) in [6, 6.07) is -16.4. The molecule has 0 unspecified atom stereocenters. The van der Waals surface area contributed by atoms with Gasteiger partial charge in [0.05, 0.1) is 18.8 Å². The van der Waals surface area contributed by atoms with E-state index in [1.54, 1.807) is 27.7 Å². The van der Waals surface area contributed by atoms with E-state index in [0.717, 1.165) is 6.92 Å². The maximum atomic E-state index is 14.7. The molecule has 0 aliphatic rings. The van der Waals surface area contributed by atoms with Gasteiger partial charge in [-0.25, -0.2) is 4.79 Å². The third-order valence-electron chi connectivity index (χ3n) is 19.4. The van der Waals surface area contributed by atoms with E-state index in [2.05, 4.69) is 85.1 Å².